The molecular formula is C11H25N3O. The fourth-order valence-corrected chi connectivity index (χ4v) is 1.12. The van der Waals surface area contributed by atoms with Gasteiger partial charge in [-0.15, -0.1) is 0 Å². The Labute approximate surface area is 93.4 Å². The normalized spacial score (nSPS) is 10.7. The summed E-state index contributed by atoms with van der Waals surface area (Å²) in [5.74, 6) is 0.154. The topological polar surface area (TPSA) is 44.4 Å². The predicted molar refractivity (Wildman–Crippen MR) is 64.0 cm³/mol. The smallest absolute Gasteiger partial charge is 0.221 e. The molecule has 0 bridgehead atoms. The zero-order chi connectivity index (χ0) is 11.5. The van der Waals surface area contributed by atoms with Crippen LogP contribution in [0.5, 0.6) is 0 Å². The summed E-state index contributed by atoms with van der Waals surface area (Å²) in [6.45, 7) is 5.65. The maximum absolute atomic E-state index is 11.3. The number of nitrogens with one attached hydrogen (secondary N) is 2. The number of carbonyl (C=O) groups excluding carboxylic acids is 1. The molecule has 0 aliphatic heterocycles. The van der Waals surface area contributed by atoms with Crippen LogP contribution in [0.1, 0.15) is 26.2 Å². The molecule has 0 aliphatic rings. The molecule has 0 fully saturated rings. The van der Waals surface area contributed by atoms with Crippen LogP contribution in [0.2, 0.25) is 0 Å². The van der Waals surface area contributed by atoms with E-state index in [1.165, 1.54) is 0 Å². The van der Waals surface area contributed by atoms with Crippen molar-refractivity contribution in [2.45, 2.75) is 26.2 Å². The van der Waals surface area contributed by atoms with E-state index < -0.39 is 0 Å². The van der Waals surface area contributed by atoms with Crippen molar-refractivity contribution in [3.8, 4) is 0 Å². The van der Waals surface area contributed by atoms with E-state index in [0.29, 0.717) is 6.42 Å². The summed E-state index contributed by atoms with van der Waals surface area (Å²) < 4.78 is 0. The molecular weight excluding hydrogens is 190 g/mol. The van der Waals surface area contributed by atoms with Gasteiger partial charge in [-0.1, -0.05) is 13.3 Å². The summed E-state index contributed by atoms with van der Waals surface area (Å²) >= 11 is 0. The maximum atomic E-state index is 11.3. The molecule has 15 heavy (non-hydrogen) atoms. The summed E-state index contributed by atoms with van der Waals surface area (Å²) in [5, 5.41) is 6.13. The zero-order valence-electron chi connectivity index (χ0n) is 10.3. The third-order valence-corrected chi connectivity index (χ3v) is 2.12. The summed E-state index contributed by atoms with van der Waals surface area (Å²) in [4.78, 5) is 13.4. The molecule has 0 rings (SSSR count). The number of hydrogen-bond acceptors (Lipinski definition) is 3. The Bertz CT molecular complexity index is 160. The molecule has 4 heteroatoms. The number of rotatable bonds is 9. The van der Waals surface area contributed by atoms with Crippen LogP contribution < -0.4 is 10.6 Å². The minimum absolute atomic E-state index is 0.154. The van der Waals surface area contributed by atoms with Gasteiger partial charge in [0, 0.05) is 32.6 Å². The fraction of sp³-hybridized carbons (Fsp3) is 0.909. The van der Waals surface area contributed by atoms with Crippen LogP contribution in [0.15, 0.2) is 0 Å². The molecule has 1 amide bonds. The average Bonchev–Trinajstić information content (AvgIpc) is 2.17. The summed E-state index contributed by atoms with van der Waals surface area (Å²) in [7, 11) is 4.08. The van der Waals surface area contributed by atoms with Gasteiger partial charge < -0.3 is 15.5 Å². The van der Waals surface area contributed by atoms with E-state index in [9.17, 15) is 4.79 Å². The van der Waals surface area contributed by atoms with Gasteiger partial charge in [-0.25, -0.2) is 0 Å². The van der Waals surface area contributed by atoms with Gasteiger partial charge in [0.15, 0.2) is 0 Å². The van der Waals surface area contributed by atoms with Gasteiger partial charge in [0.05, 0.1) is 0 Å². The van der Waals surface area contributed by atoms with E-state index in [-0.39, 0.29) is 5.91 Å². The number of amides is 1. The van der Waals surface area contributed by atoms with Crippen LogP contribution in [-0.2, 0) is 4.79 Å². The molecule has 0 saturated heterocycles. The van der Waals surface area contributed by atoms with Gasteiger partial charge in [0.1, 0.15) is 0 Å². The molecule has 0 aromatic carbocycles. The van der Waals surface area contributed by atoms with Crippen molar-refractivity contribution >= 4 is 5.91 Å². The quantitative estimate of drug-likeness (QED) is 0.549. The third kappa shape index (κ3) is 11.3. The van der Waals surface area contributed by atoms with Gasteiger partial charge in [-0.3, -0.25) is 4.79 Å². The van der Waals surface area contributed by atoms with E-state index >= 15 is 0 Å². The lowest BCUT2D eigenvalue weighted by Crippen LogP contribution is -2.31. The third-order valence-electron chi connectivity index (χ3n) is 2.12. The van der Waals surface area contributed by atoms with E-state index in [0.717, 1.165) is 39.0 Å². The molecule has 0 aromatic heterocycles. The standard InChI is InChI=1S/C11H25N3O/c1-4-5-7-13-11(15)6-8-12-9-10-14(2)3/h12H,4-10H2,1-3H3,(H,13,15). The van der Waals surface area contributed by atoms with Crippen LogP contribution in [-0.4, -0.2) is 51.1 Å². The van der Waals surface area contributed by atoms with Crippen LogP contribution in [0.3, 0.4) is 0 Å². The highest BCUT2D eigenvalue weighted by Gasteiger charge is 1.98. The van der Waals surface area contributed by atoms with Crippen molar-refractivity contribution in [3.05, 3.63) is 0 Å². The number of unbranched alkanes of at least 4 members (excludes halogenated alkanes) is 1. The van der Waals surface area contributed by atoms with E-state index in [4.69, 9.17) is 0 Å². The Kier molecular flexibility index (Phi) is 9.52. The van der Waals surface area contributed by atoms with Crippen LogP contribution in [0, 0.1) is 0 Å². The van der Waals surface area contributed by atoms with Crippen molar-refractivity contribution in [1.82, 2.24) is 15.5 Å². The Morgan fingerprint density at radius 3 is 2.53 bits per heavy atom. The van der Waals surface area contributed by atoms with Gasteiger partial charge in [0.2, 0.25) is 5.91 Å². The van der Waals surface area contributed by atoms with Crippen molar-refractivity contribution in [3.63, 3.8) is 0 Å². The molecule has 0 spiro atoms. The van der Waals surface area contributed by atoms with Crippen molar-refractivity contribution < 1.29 is 4.79 Å². The molecule has 0 aliphatic carbocycles. The number of hydrogen-bond donors (Lipinski definition) is 2. The van der Waals surface area contributed by atoms with Crippen LogP contribution in [0.25, 0.3) is 0 Å². The molecule has 0 aromatic rings. The molecule has 0 heterocycles. The Balaban J connectivity index is 3.17. The van der Waals surface area contributed by atoms with E-state index in [1.807, 2.05) is 14.1 Å². The molecule has 0 atom stereocenters. The first-order valence-electron chi connectivity index (χ1n) is 5.79. The lowest BCUT2D eigenvalue weighted by Gasteiger charge is -2.10. The molecule has 2 N–H and O–H groups in total. The maximum Gasteiger partial charge on any atom is 0.221 e. The molecule has 90 valence electrons. The zero-order valence-corrected chi connectivity index (χ0v) is 10.3. The highest BCUT2D eigenvalue weighted by Crippen LogP contribution is 1.84. The van der Waals surface area contributed by atoms with Gasteiger partial charge >= 0.3 is 0 Å². The van der Waals surface area contributed by atoms with Crippen molar-refractivity contribution in [2.24, 2.45) is 0 Å². The number of carbonyl (C=O) groups is 1. The molecule has 0 unspecified atom stereocenters. The average molecular weight is 215 g/mol. The Morgan fingerprint density at radius 1 is 1.20 bits per heavy atom. The number of likely N-dealkylation sites (N-methyl/N-ethyl adjacent to an activating group) is 1. The van der Waals surface area contributed by atoms with Gasteiger partial charge in [-0.05, 0) is 20.5 Å². The van der Waals surface area contributed by atoms with Gasteiger partial charge in [-0.2, -0.15) is 0 Å². The molecule has 0 radical (unpaired) electrons. The first-order chi connectivity index (χ1) is 7.16. The first kappa shape index (κ1) is 14.4. The lowest BCUT2D eigenvalue weighted by molar-refractivity contribution is -0.120. The Hall–Kier alpha value is -0.610. The van der Waals surface area contributed by atoms with Crippen LogP contribution in [0.4, 0.5) is 0 Å². The van der Waals surface area contributed by atoms with E-state index in [1.54, 1.807) is 0 Å². The minimum Gasteiger partial charge on any atom is -0.356 e. The fourth-order valence-electron chi connectivity index (χ4n) is 1.12. The summed E-state index contributed by atoms with van der Waals surface area (Å²) in [6.07, 6.45) is 2.78. The monoisotopic (exact) mass is 215 g/mol. The SMILES string of the molecule is CCCCNC(=O)CCNCCN(C)C. The van der Waals surface area contributed by atoms with Gasteiger partial charge in [0.25, 0.3) is 0 Å². The minimum atomic E-state index is 0.154. The summed E-state index contributed by atoms with van der Waals surface area (Å²) in [5.41, 5.74) is 0. The Morgan fingerprint density at radius 2 is 1.93 bits per heavy atom. The predicted octanol–water partition coefficient (Wildman–Crippen LogP) is 0.444. The largest absolute Gasteiger partial charge is 0.356 e. The van der Waals surface area contributed by atoms with Crippen molar-refractivity contribution in [1.29, 1.82) is 0 Å². The molecule has 0 saturated carbocycles. The lowest BCUT2D eigenvalue weighted by atomic mass is 10.3. The number of nitrogens with zero attached hydrogens (tertiary/aromatic N) is 1. The second-order valence-electron chi connectivity index (χ2n) is 4.01. The molecule has 4 nitrogen and oxygen atoms in total. The highest BCUT2D eigenvalue weighted by atomic mass is 16.1. The first-order valence-corrected chi connectivity index (χ1v) is 5.79. The van der Waals surface area contributed by atoms with Crippen molar-refractivity contribution in [2.75, 3.05) is 40.3 Å². The second kappa shape index (κ2) is 9.93. The summed E-state index contributed by atoms with van der Waals surface area (Å²) in [6, 6.07) is 0. The van der Waals surface area contributed by atoms with Crippen LogP contribution >= 0.6 is 0 Å². The second-order valence-corrected chi connectivity index (χ2v) is 4.01. The van der Waals surface area contributed by atoms with E-state index in [2.05, 4.69) is 22.5 Å². The highest BCUT2D eigenvalue weighted by molar-refractivity contribution is 5.75.